The van der Waals surface area contributed by atoms with Gasteiger partial charge >= 0.3 is 0 Å². The van der Waals surface area contributed by atoms with E-state index in [2.05, 4.69) is 0 Å². The predicted octanol–water partition coefficient (Wildman–Crippen LogP) is -3.05. The van der Waals surface area contributed by atoms with E-state index in [0.717, 1.165) is 0 Å². The van der Waals surface area contributed by atoms with Crippen LogP contribution in [-0.2, 0) is 0 Å². The number of hydrogen-bond acceptors (Lipinski definition) is 0. The summed E-state index contributed by atoms with van der Waals surface area (Å²) in [5.74, 6) is 0. The molecule has 8 heteroatoms. The van der Waals surface area contributed by atoms with Crippen molar-refractivity contribution in [2.24, 2.45) is 0 Å². The molecule has 0 saturated heterocycles. The van der Waals surface area contributed by atoms with Crippen molar-refractivity contribution in [2.75, 3.05) is 0 Å². The summed E-state index contributed by atoms with van der Waals surface area (Å²) in [6.45, 7) is 0. The zero-order chi connectivity index (χ0) is 0. The van der Waals surface area contributed by atoms with Crippen molar-refractivity contribution in [3.8, 4) is 0 Å². The maximum atomic E-state index is 0. The van der Waals surface area contributed by atoms with E-state index in [9.17, 15) is 0 Å². The van der Waals surface area contributed by atoms with Gasteiger partial charge in [0, 0.05) is 208 Å². The monoisotopic (exact) mass is 1200 g/mol. The standard InChI is InChI=1S/3Bi.5In. The normalized spacial score (nSPS) is 0. The summed E-state index contributed by atoms with van der Waals surface area (Å²) in [5.41, 5.74) is 0. The van der Waals surface area contributed by atoms with Gasteiger partial charge in [0.1, 0.15) is 0 Å². The van der Waals surface area contributed by atoms with Crippen LogP contribution in [0.5, 0.6) is 0 Å². The first-order valence-electron chi connectivity index (χ1n) is 0. The minimum atomic E-state index is 0. The second kappa shape index (κ2) is 48.3. The molecule has 0 heterocycles. The molecular weight excluding hydrogens is 1200 g/mol. The Labute approximate surface area is 202 Å². The third-order valence-electron chi connectivity index (χ3n) is 0. The van der Waals surface area contributed by atoms with Crippen molar-refractivity contribution in [1.29, 1.82) is 0 Å². The van der Waals surface area contributed by atoms with E-state index in [1.54, 1.807) is 0 Å². The molecule has 0 amide bonds. The molecule has 0 N–H and O–H groups in total. The van der Waals surface area contributed by atoms with Crippen molar-refractivity contribution < 1.29 is 0 Å². The largest absolute Gasteiger partial charge is 0 e. The van der Waals surface area contributed by atoms with Crippen molar-refractivity contribution in [2.45, 2.75) is 0 Å². The van der Waals surface area contributed by atoms with E-state index >= 15 is 0 Å². The Morgan fingerprint density at radius 3 is 0.250 bits per heavy atom. The Morgan fingerprint density at radius 2 is 0.250 bits per heavy atom. The van der Waals surface area contributed by atoms with E-state index in [0.29, 0.717) is 0 Å². The van der Waals surface area contributed by atoms with Crippen LogP contribution in [0.15, 0.2) is 0 Å². The van der Waals surface area contributed by atoms with Crippen LogP contribution in [0.25, 0.3) is 0 Å². The molecule has 0 aliphatic carbocycles. The summed E-state index contributed by atoms with van der Waals surface area (Å²) < 4.78 is 0. The van der Waals surface area contributed by atoms with Crippen molar-refractivity contribution >= 4 is 208 Å². The maximum absolute atomic E-state index is 0. The van der Waals surface area contributed by atoms with Gasteiger partial charge in [-0.15, -0.1) is 0 Å². The molecule has 0 nitrogen and oxygen atoms in total. The van der Waals surface area contributed by atoms with Crippen LogP contribution in [-0.4, -0.2) is 208 Å². The Kier molecular flexibility index (Phi) is 362. The van der Waals surface area contributed by atoms with Gasteiger partial charge in [-0.1, -0.05) is 0 Å². The van der Waals surface area contributed by atoms with Crippen LogP contribution >= 0.6 is 0 Å². The molecule has 0 aromatic rings. The first kappa shape index (κ1) is 60.0. The van der Waals surface area contributed by atoms with E-state index in [-0.39, 0.29) is 208 Å². The summed E-state index contributed by atoms with van der Waals surface area (Å²) in [6.07, 6.45) is 0. The SMILES string of the molecule is [Bi].[Bi].[Bi].[In].[In].[In].[In].[In]. The molecule has 0 atom stereocenters. The summed E-state index contributed by atoms with van der Waals surface area (Å²) in [6, 6.07) is 0. The average Bonchev–Trinajstić information content (AvgIpc) is 0. The fraction of sp³-hybridized carbons (Fsp3) is 0. The second-order valence-corrected chi connectivity index (χ2v) is 0. The Hall–Kier alpha value is 7.00. The van der Waals surface area contributed by atoms with Crippen molar-refractivity contribution in [1.82, 2.24) is 0 Å². The minimum absolute atomic E-state index is 0. The van der Waals surface area contributed by atoms with Crippen molar-refractivity contribution in [3.05, 3.63) is 0 Å². The van der Waals surface area contributed by atoms with Crippen LogP contribution in [0.1, 0.15) is 0 Å². The van der Waals surface area contributed by atoms with Crippen LogP contribution < -0.4 is 0 Å². The third kappa shape index (κ3) is 38.2. The molecule has 0 aliphatic heterocycles. The maximum Gasteiger partial charge on any atom is 0 e. The van der Waals surface area contributed by atoms with Gasteiger partial charge < -0.3 is 0 Å². The fourth-order valence-electron chi connectivity index (χ4n) is 0. The van der Waals surface area contributed by atoms with Gasteiger partial charge in [0.25, 0.3) is 0 Å². The van der Waals surface area contributed by atoms with Gasteiger partial charge in [0.2, 0.25) is 0 Å². The van der Waals surface area contributed by atoms with Gasteiger partial charge in [0.05, 0.1) is 0 Å². The van der Waals surface area contributed by atoms with Gasteiger partial charge in [-0.2, -0.15) is 0 Å². The molecule has 0 saturated carbocycles. The molecule has 0 fully saturated rings. The Balaban J connectivity index is 0. The second-order valence-electron chi connectivity index (χ2n) is 0. The third-order valence-corrected chi connectivity index (χ3v) is 0. The summed E-state index contributed by atoms with van der Waals surface area (Å²) >= 11 is 0. The first-order chi connectivity index (χ1) is 0. The quantitative estimate of drug-likeness (QED) is 0.227. The zero-order valence-corrected chi connectivity index (χ0v) is 31.1. The summed E-state index contributed by atoms with van der Waals surface area (Å²) in [4.78, 5) is 0. The average molecular weight is 1200 g/mol. The molecule has 0 bridgehead atoms. The van der Waals surface area contributed by atoms with E-state index in [1.165, 1.54) is 0 Å². The Morgan fingerprint density at radius 1 is 0.250 bits per heavy atom. The van der Waals surface area contributed by atoms with E-state index < -0.39 is 0 Å². The van der Waals surface area contributed by atoms with Gasteiger partial charge in [-0.25, -0.2) is 0 Å². The molecule has 0 aliphatic rings. The molecule has 0 aromatic carbocycles. The fourth-order valence-corrected chi connectivity index (χ4v) is 0. The summed E-state index contributed by atoms with van der Waals surface area (Å²) in [5, 5.41) is 0. The minimum Gasteiger partial charge on any atom is 0 e. The van der Waals surface area contributed by atoms with Crippen LogP contribution in [0, 0.1) is 0 Å². The first-order valence-corrected chi connectivity index (χ1v) is 0. The molecule has 0 unspecified atom stereocenters. The molecule has 0 aromatic heterocycles. The van der Waals surface area contributed by atoms with E-state index in [1.807, 2.05) is 0 Å². The Bertz CT molecular complexity index is 7.64. The molecular formula is Bi3In5. The zero-order valence-electron chi connectivity index (χ0n) is 4.23. The van der Waals surface area contributed by atoms with Crippen LogP contribution in [0.4, 0.5) is 0 Å². The van der Waals surface area contributed by atoms with Crippen LogP contribution in [0.3, 0.4) is 0 Å². The number of rotatable bonds is 0. The number of hydrogen-bond donors (Lipinski definition) is 0. The van der Waals surface area contributed by atoms with Gasteiger partial charge in [-0.3, -0.25) is 0 Å². The topological polar surface area (TPSA) is 0 Å². The smallest absolute Gasteiger partial charge is 0 e. The predicted molar refractivity (Wildman–Crippen MR) is 46.0 cm³/mol. The molecule has 8 heavy (non-hydrogen) atoms. The molecule has 30 valence electrons. The van der Waals surface area contributed by atoms with E-state index in [4.69, 9.17) is 0 Å². The molecule has 0 spiro atoms. The van der Waals surface area contributed by atoms with Crippen molar-refractivity contribution in [3.63, 3.8) is 0 Å². The molecule has 24 radical (unpaired) electrons. The van der Waals surface area contributed by atoms with Gasteiger partial charge in [0.15, 0.2) is 0 Å². The molecule has 0 rings (SSSR count). The van der Waals surface area contributed by atoms with Gasteiger partial charge in [-0.05, 0) is 0 Å². The summed E-state index contributed by atoms with van der Waals surface area (Å²) in [7, 11) is 0. The van der Waals surface area contributed by atoms with Crippen LogP contribution in [0.2, 0.25) is 0 Å².